The Bertz CT molecular complexity index is 310. The summed E-state index contributed by atoms with van der Waals surface area (Å²) in [6, 6.07) is -0.624. The average Bonchev–Trinajstić information content (AvgIpc) is 2.61. The molecule has 1 rings (SSSR count). The molecule has 1 aromatic heterocycles. The van der Waals surface area contributed by atoms with Crippen LogP contribution in [0.3, 0.4) is 0 Å². The molecule has 1 heterocycles. The van der Waals surface area contributed by atoms with E-state index in [0.717, 1.165) is 12.1 Å². The Morgan fingerprint density at radius 2 is 2.50 bits per heavy atom. The number of aliphatic carboxylic acids is 1. The first-order valence-electron chi connectivity index (χ1n) is 4.46. The van der Waals surface area contributed by atoms with Gasteiger partial charge in [-0.25, -0.2) is 0 Å². The van der Waals surface area contributed by atoms with Gasteiger partial charge in [0.15, 0.2) is 0 Å². The molecule has 0 aliphatic heterocycles. The summed E-state index contributed by atoms with van der Waals surface area (Å²) < 4.78 is 1.54. The van der Waals surface area contributed by atoms with Crippen molar-refractivity contribution in [2.45, 2.75) is 25.9 Å². The summed E-state index contributed by atoms with van der Waals surface area (Å²) in [7, 11) is 1.61. The Labute approximate surface area is 81.9 Å². The molecule has 0 aliphatic rings. The molecule has 0 spiro atoms. The molecular formula is C8H14N4O2. The minimum Gasteiger partial charge on any atom is -0.480 e. The van der Waals surface area contributed by atoms with E-state index in [2.05, 4.69) is 15.6 Å². The van der Waals surface area contributed by atoms with Crippen molar-refractivity contribution in [3.05, 3.63) is 11.9 Å². The van der Waals surface area contributed by atoms with Gasteiger partial charge in [0.05, 0.1) is 12.2 Å². The fourth-order valence-corrected chi connectivity index (χ4v) is 1.07. The topological polar surface area (TPSA) is 80.0 Å². The molecule has 1 atom stereocenters. The fourth-order valence-electron chi connectivity index (χ4n) is 1.07. The van der Waals surface area contributed by atoms with E-state index in [4.69, 9.17) is 5.11 Å². The molecule has 0 fully saturated rings. The average molecular weight is 198 g/mol. The molecule has 0 aliphatic carbocycles. The van der Waals surface area contributed by atoms with E-state index in [1.807, 2.05) is 6.92 Å². The molecule has 78 valence electrons. The minimum absolute atomic E-state index is 0.291. The van der Waals surface area contributed by atoms with Gasteiger partial charge >= 0.3 is 5.97 Å². The molecule has 14 heavy (non-hydrogen) atoms. The highest BCUT2D eigenvalue weighted by atomic mass is 16.4. The molecule has 0 saturated heterocycles. The van der Waals surface area contributed by atoms with Crippen LogP contribution in [-0.2, 0) is 17.8 Å². The molecule has 0 bridgehead atoms. The highest BCUT2D eigenvalue weighted by Gasteiger charge is 2.15. The van der Waals surface area contributed by atoms with E-state index in [1.54, 1.807) is 13.2 Å². The second-order valence-corrected chi connectivity index (χ2v) is 2.96. The van der Waals surface area contributed by atoms with Gasteiger partial charge < -0.3 is 10.4 Å². The second kappa shape index (κ2) is 4.71. The number of nitrogens with one attached hydrogen (secondary N) is 1. The summed E-state index contributed by atoms with van der Waals surface area (Å²) in [5, 5.41) is 19.2. The van der Waals surface area contributed by atoms with E-state index in [-0.39, 0.29) is 0 Å². The third-order valence-electron chi connectivity index (χ3n) is 1.96. The summed E-state index contributed by atoms with van der Waals surface area (Å²) in [5.74, 6) is -0.888. The van der Waals surface area contributed by atoms with Gasteiger partial charge in [-0.1, -0.05) is 12.1 Å². The molecule has 0 aromatic carbocycles. The number of carboxylic acids is 1. The molecule has 0 saturated carbocycles. The van der Waals surface area contributed by atoms with Gasteiger partial charge in [0.25, 0.3) is 0 Å². The number of nitrogens with zero attached hydrogens (tertiary/aromatic N) is 3. The van der Waals surface area contributed by atoms with Crippen LogP contribution >= 0.6 is 0 Å². The highest BCUT2D eigenvalue weighted by molar-refractivity contribution is 5.73. The molecule has 0 amide bonds. The van der Waals surface area contributed by atoms with Crippen LogP contribution in [0.1, 0.15) is 12.6 Å². The van der Waals surface area contributed by atoms with Crippen LogP contribution in [0.5, 0.6) is 0 Å². The quantitative estimate of drug-likeness (QED) is 0.667. The molecule has 6 heteroatoms. The van der Waals surface area contributed by atoms with Gasteiger partial charge in [-0.3, -0.25) is 9.48 Å². The highest BCUT2D eigenvalue weighted by Crippen LogP contribution is 1.95. The molecule has 2 N–H and O–H groups in total. The van der Waals surface area contributed by atoms with Crippen molar-refractivity contribution in [2.24, 2.45) is 0 Å². The zero-order valence-electron chi connectivity index (χ0n) is 8.27. The van der Waals surface area contributed by atoms with Crippen molar-refractivity contribution < 1.29 is 9.90 Å². The number of aromatic nitrogens is 3. The lowest BCUT2D eigenvalue weighted by molar-refractivity contribution is -0.139. The Hall–Kier alpha value is -1.43. The first kappa shape index (κ1) is 10.6. The van der Waals surface area contributed by atoms with Gasteiger partial charge in [0, 0.05) is 6.20 Å². The predicted molar refractivity (Wildman–Crippen MR) is 49.9 cm³/mol. The normalized spacial score (nSPS) is 12.7. The number of carboxylic acid groups (broad SMARTS) is 1. The number of hydrogen-bond donors (Lipinski definition) is 2. The van der Waals surface area contributed by atoms with Crippen LogP contribution < -0.4 is 5.32 Å². The third kappa shape index (κ3) is 2.53. The first-order valence-corrected chi connectivity index (χ1v) is 4.46. The van der Waals surface area contributed by atoms with Crippen LogP contribution in [0.25, 0.3) is 0 Å². The maximum absolute atomic E-state index is 10.7. The van der Waals surface area contributed by atoms with E-state index < -0.39 is 12.0 Å². The number of aryl methyl sites for hydroxylation is 1. The van der Waals surface area contributed by atoms with Crippen LogP contribution in [0.15, 0.2) is 6.20 Å². The third-order valence-corrected chi connectivity index (χ3v) is 1.96. The Morgan fingerprint density at radius 1 is 1.79 bits per heavy atom. The zero-order valence-corrected chi connectivity index (χ0v) is 8.27. The van der Waals surface area contributed by atoms with Gasteiger partial charge in [-0.2, -0.15) is 0 Å². The van der Waals surface area contributed by atoms with Gasteiger partial charge in [-0.15, -0.1) is 5.10 Å². The second-order valence-electron chi connectivity index (χ2n) is 2.96. The summed E-state index contributed by atoms with van der Waals surface area (Å²) in [4.78, 5) is 10.7. The molecule has 1 unspecified atom stereocenters. The lowest BCUT2D eigenvalue weighted by Gasteiger charge is -2.09. The molecular weight excluding hydrogens is 184 g/mol. The molecule has 0 radical (unpaired) electrons. The van der Waals surface area contributed by atoms with E-state index in [0.29, 0.717) is 6.54 Å². The van der Waals surface area contributed by atoms with E-state index >= 15 is 0 Å². The van der Waals surface area contributed by atoms with E-state index in [9.17, 15) is 4.79 Å². The fraction of sp³-hybridized carbons (Fsp3) is 0.625. The summed E-state index contributed by atoms with van der Waals surface area (Å²) in [6.07, 6.45) is 2.56. The maximum atomic E-state index is 10.7. The lowest BCUT2D eigenvalue weighted by Crippen LogP contribution is -2.37. The van der Waals surface area contributed by atoms with Crippen molar-refractivity contribution in [3.8, 4) is 0 Å². The van der Waals surface area contributed by atoms with Crippen molar-refractivity contribution in [1.82, 2.24) is 20.3 Å². The summed E-state index contributed by atoms with van der Waals surface area (Å²) in [6.45, 7) is 2.26. The Kier molecular flexibility index (Phi) is 3.58. The molecule has 1 aromatic rings. The van der Waals surface area contributed by atoms with Crippen LogP contribution in [-0.4, -0.2) is 39.2 Å². The van der Waals surface area contributed by atoms with Crippen molar-refractivity contribution in [3.63, 3.8) is 0 Å². The summed E-state index contributed by atoms with van der Waals surface area (Å²) in [5.41, 5.74) is 0.866. The SMILES string of the molecule is CCc1cn(CC(NC)C(=O)O)nn1. The van der Waals surface area contributed by atoms with Gasteiger partial charge in [-0.05, 0) is 13.5 Å². The standard InChI is InChI=1S/C8H14N4O2/c1-3-6-4-12(11-10-6)5-7(9-2)8(13)14/h4,7,9H,3,5H2,1-2H3,(H,13,14). The maximum Gasteiger partial charge on any atom is 0.322 e. The lowest BCUT2D eigenvalue weighted by atomic mass is 10.3. The van der Waals surface area contributed by atoms with Crippen LogP contribution in [0, 0.1) is 0 Å². The van der Waals surface area contributed by atoms with Gasteiger partial charge in [0.1, 0.15) is 6.04 Å². The summed E-state index contributed by atoms with van der Waals surface area (Å²) >= 11 is 0. The largest absolute Gasteiger partial charge is 0.480 e. The Morgan fingerprint density at radius 3 is 2.93 bits per heavy atom. The van der Waals surface area contributed by atoms with Crippen molar-refractivity contribution in [2.75, 3.05) is 7.05 Å². The smallest absolute Gasteiger partial charge is 0.322 e. The monoisotopic (exact) mass is 198 g/mol. The van der Waals surface area contributed by atoms with Gasteiger partial charge in [0.2, 0.25) is 0 Å². The van der Waals surface area contributed by atoms with Crippen molar-refractivity contribution >= 4 is 5.97 Å². The minimum atomic E-state index is -0.888. The first-order chi connectivity index (χ1) is 6.67. The predicted octanol–water partition coefficient (Wildman–Crippen LogP) is -0.487. The number of carbonyl (C=O) groups is 1. The zero-order chi connectivity index (χ0) is 10.6. The number of rotatable bonds is 5. The Balaban J connectivity index is 2.62. The number of hydrogen-bond acceptors (Lipinski definition) is 4. The van der Waals surface area contributed by atoms with Crippen molar-refractivity contribution in [1.29, 1.82) is 0 Å². The number of likely N-dealkylation sites (N-methyl/N-ethyl adjacent to an activating group) is 1. The molecule has 6 nitrogen and oxygen atoms in total. The van der Waals surface area contributed by atoms with E-state index in [1.165, 1.54) is 4.68 Å². The van der Waals surface area contributed by atoms with Crippen LogP contribution in [0.2, 0.25) is 0 Å². The van der Waals surface area contributed by atoms with Crippen LogP contribution in [0.4, 0.5) is 0 Å².